The van der Waals surface area contributed by atoms with Gasteiger partial charge in [-0.25, -0.2) is 0 Å². The lowest BCUT2D eigenvalue weighted by Gasteiger charge is -2.16. The summed E-state index contributed by atoms with van der Waals surface area (Å²) in [6.45, 7) is 5.46. The van der Waals surface area contributed by atoms with Gasteiger partial charge in [0, 0.05) is 0 Å². The Balaban J connectivity index is 1.54. The summed E-state index contributed by atoms with van der Waals surface area (Å²) in [5, 5.41) is 0. The second-order valence-corrected chi connectivity index (χ2v) is 6.69. The van der Waals surface area contributed by atoms with E-state index in [9.17, 15) is 9.59 Å². The number of benzene rings is 3. The van der Waals surface area contributed by atoms with Crippen LogP contribution in [0.1, 0.15) is 17.3 Å². The first-order valence-corrected chi connectivity index (χ1v) is 9.83. The average Bonchev–Trinajstić information content (AvgIpc) is 2.82. The number of ether oxygens (including phenoxy) is 2. The summed E-state index contributed by atoms with van der Waals surface area (Å²) < 4.78 is 11.1. The Hall–Kier alpha value is -4.06. The lowest BCUT2D eigenvalue weighted by atomic mass is 10.1. The number of hydrazine groups is 1. The van der Waals surface area contributed by atoms with Crippen molar-refractivity contribution in [2.24, 2.45) is 0 Å². The molecule has 0 saturated heterocycles. The maximum absolute atomic E-state index is 12.4. The van der Waals surface area contributed by atoms with Gasteiger partial charge in [-0.1, -0.05) is 67.3 Å². The standard InChI is InChI=1S/C25H24N2O4/c1-3-17-30-23-12-8-7-11-22(23)25(29)27-26-24(28)18(2)31-21-15-13-20(14-16-21)19-9-5-4-6-10-19/h3-16,18H,1,17H2,2H3,(H,26,28)(H,27,29). The van der Waals surface area contributed by atoms with E-state index in [0.717, 1.165) is 11.1 Å². The zero-order valence-corrected chi connectivity index (χ0v) is 17.2. The molecule has 31 heavy (non-hydrogen) atoms. The second-order valence-electron chi connectivity index (χ2n) is 6.69. The van der Waals surface area contributed by atoms with Crippen LogP contribution in [0, 0.1) is 0 Å². The fraction of sp³-hybridized carbons (Fsp3) is 0.120. The van der Waals surface area contributed by atoms with E-state index in [0.29, 0.717) is 17.1 Å². The van der Waals surface area contributed by atoms with E-state index in [1.54, 1.807) is 49.4 Å². The summed E-state index contributed by atoms with van der Waals surface area (Å²) in [4.78, 5) is 24.7. The molecule has 0 aliphatic carbocycles. The van der Waals surface area contributed by atoms with E-state index in [1.165, 1.54) is 0 Å². The van der Waals surface area contributed by atoms with E-state index in [4.69, 9.17) is 9.47 Å². The van der Waals surface area contributed by atoms with Crippen molar-refractivity contribution in [2.45, 2.75) is 13.0 Å². The van der Waals surface area contributed by atoms with Gasteiger partial charge in [0.1, 0.15) is 18.1 Å². The summed E-state index contributed by atoms with van der Waals surface area (Å²) in [6, 6.07) is 24.2. The molecule has 3 rings (SSSR count). The van der Waals surface area contributed by atoms with Gasteiger partial charge in [-0.2, -0.15) is 0 Å². The molecule has 0 aromatic heterocycles. The molecular formula is C25H24N2O4. The zero-order valence-electron chi connectivity index (χ0n) is 17.2. The van der Waals surface area contributed by atoms with Crippen molar-refractivity contribution in [1.82, 2.24) is 10.9 Å². The Labute approximate surface area is 181 Å². The fourth-order valence-corrected chi connectivity index (χ4v) is 2.83. The van der Waals surface area contributed by atoms with Crippen LogP contribution in [0.4, 0.5) is 0 Å². The molecular weight excluding hydrogens is 392 g/mol. The van der Waals surface area contributed by atoms with Crippen LogP contribution in [0.3, 0.4) is 0 Å². The zero-order chi connectivity index (χ0) is 22.1. The minimum absolute atomic E-state index is 0.268. The number of hydrogen-bond acceptors (Lipinski definition) is 4. The molecule has 3 aromatic carbocycles. The third-order valence-electron chi connectivity index (χ3n) is 4.43. The SMILES string of the molecule is C=CCOc1ccccc1C(=O)NNC(=O)C(C)Oc1ccc(-c2ccccc2)cc1. The Morgan fingerprint density at radius 2 is 1.55 bits per heavy atom. The molecule has 1 atom stereocenters. The number of carbonyl (C=O) groups excluding carboxylic acids is 2. The van der Waals surface area contributed by atoms with Crippen LogP contribution in [0.2, 0.25) is 0 Å². The minimum Gasteiger partial charge on any atom is -0.489 e. The van der Waals surface area contributed by atoms with Gasteiger partial charge in [0.2, 0.25) is 0 Å². The lowest BCUT2D eigenvalue weighted by molar-refractivity contribution is -0.128. The molecule has 0 radical (unpaired) electrons. The first-order chi connectivity index (χ1) is 15.1. The van der Waals surface area contributed by atoms with Crippen LogP contribution in [-0.4, -0.2) is 24.5 Å². The van der Waals surface area contributed by atoms with Gasteiger partial charge in [0.15, 0.2) is 6.10 Å². The molecule has 0 bridgehead atoms. The molecule has 0 saturated carbocycles. The van der Waals surface area contributed by atoms with Crippen LogP contribution < -0.4 is 20.3 Å². The lowest BCUT2D eigenvalue weighted by Crippen LogP contribution is -2.47. The number of hydrogen-bond donors (Lipinski definition) is 2. The number of para-hydroxylation sites is 1. The Kier molecular flexibility index (Phi) is 7.43. The Bertz CT molecular complexity index is 1030. The van der Waals surface area contributed by atoms with Crippen LogP contribution in [0.5, 0.6) is 11.5 Å². The van der Waals surface area contributed by atoms with Gasteiger partial charge >= 0.3 is 0 Å². The highest BCUT2D eigenvalue weighted by molar-refractivity contribution is 5.98. The van der Waals surface area contributed by atoms with Gasteiger partial charge in [0.25, 0.3) is 11.8 Å². The summed E-state index contributed by atoms with van der Waals surface area (Å²) in [5.74, 6) is -0.0221. The minimum atomic E-state index is -0.810. The average molecular weight is 416 g/mol. The second kappa shape index (κ2) is 10.6. The number of amides is 2. The quantitative estimate of drug-likeness (QED) is 0.427. The van der Waals surface area contributed by atoms with Crippen molar-refractivity contribution >= 4 is 11.8 Å². The fourth-order valence-electron chi connectivity index (χ4n) is 2.83. The molecule has 3 aromatic rings. The number of rotatable bonds is 8. The molecule has 0 fully saturated rings. The van der Waals surface area contributed by atoms with E-state index in [-0.39, 0.29) is 6.61 Å². The Morgan fingerprint density at radius 1 is 0.903 bits per heavy atom. The smallest absolute Gasteiger partial charge is 0.279 e. The normalized spacial score (nSPS) is 11.1. The van der Waals surface area contributed by atoms with Crippen LogP contribution >= 0.6 is 0 Å². The summed E-state index contributed by atoms with van der Waals surface area (Å²) in [5.41, 5.74) is 7.22. The summed E-state index contributed by atoms with van der Waals surface area (Å²) in [7, 11) is 0. The van der Waals surface area contributed by atoms with Gasteiger partial charge < -0.3 is 9.47 Å². The molecule has 0 heterocycles. The first-order valence-electron chi connectivity index (χ1n) is 9.83. The highest BCUT2D eigenvalue weighted by Gasteiger charge is 2.17. The maximum Gasteiger partial charge on any atom is 0.279 e. The van der Waals surface area contributed by atoms with Crippen molar-refractivity contribution < 1.29 is 19.1 Å². The van der Waals surface area contributed by atoms with Gasteiger partial charge in [-0.15, -0.1) is 0 Å². The molecule has 1 unspecified atom stereocenters. The van der Waals surface area contributed by atoms with E-state index in [2.05, 4.69) is 17.4 Å². The van der Waals surface area contributed by atoms with Crippen LogP contribution in [-0.2, 0) is 4.79 Å². The van der Waals surface area contributed by atoms with Gasteiger partial charge in [-0.3, -0.25) is 20.4 Å². The van der Waals surface area contributed by atoms with Crippen molar-refractivity contribution in [1.29, 1.82) is 0 Å². The van der Waals surface area contributed by atoms with E-state index in [1.807, 2.05) is 42.5 Å². The topological polar surface area (TPSA) is 76.7 Å². The molecule has 0 aliphatic heterocycles. The Morgan fingerprint density at radius 3 is 2.26 bits per heavy atom. The summed E-state index contributed by atoms with van der Waals surface area (Å²) in [6.07, 6.45) is 0.775. The molecule has 158 valence electrons. The van der Waals surface area contributed by atoms with Crippen molar-refractivity contribution in [2.75, 3.05) is 6.61 Å². The highest BCUT2D eigenvalue weighted by atomic mass is 16.5. The van der Waals surface area contributed by atoms with Gasteiger partial charge in [-0.05, 0) is 42.3 Å². The van der Waals surface area contributed by atoms with Gasteiger partial charge in [0.05, 0.1) is 5.56 Å². The number of carbonyl (C=O) groups is 2. The molecule has 6 nitrogen and oxygen atoms in total. The van der Waals surface area contributed by atoms with E-state index >= 15 is 0 Å². The largest absolute Gasteiger partial charge is 0.489 e. The maximum atomic E-state index is 12.4. The first kappa shape index (κ1) is 21.6. The van der Waals surface area contributed by atoms with Crippen LogP contribution in [0.15, 0.2) is 91.5 Å². The van der Waals surface area contributed by atoms with Crippen molar-refractivity contribution in [3.8, 4) is 22.6 Å². The monoisotopic (exact) mass is 416 g/mol. The summed E-state index contributed by atoms with van der Waals surface area (Å²) >= 11 is 0. The number of nitrogens with one attached hydrogen (secondary N) is 2. The predicted octanol–water partition coefficient (Wildman–Crippen LogP) is 4.15. The molecule has 2 N–H and O–H groups in total. The third-order valence-corrected chi connectivity index (χ3v) is 4.43. The molecule has 0 aliphatic rings. The van der Waals surface area contributed by atoms with Crippen LogP contribution in [0.25, 0.3) is 11.1 Å². The highest BCUT2D eigenvalue weighted by Crippen LogP contribution is 2.22. The molecule has 6 heteroatoms. The third kappa shape index (κ3) is 5.96. The predicted molar refractivity (Wildman–Crippen MR) is 120 cm³/mol. The van der Waals surface area contributed by atoms with Crippen molar-refractivity contribution in [3.05, 3.63) is 97.1 Å². The molecule has 2 amide bonds. The van der Waals surface area contributed by atoms with E-state index < -0.39 is 17.9 Å². The molecule has 0 spiro atoms. The van der Waals surface area contributed by atoms with Crippen molar-refractivity contribution in [3.63, 3.8) is 0 Å².